The van der Waals surface area contributed by atoms with Crippen LogP contribution in [0, 0.1) is 17.8 Å². The summed E-state index contributed by atoms with van der Waals surface area (Å²) in [6, 6.07) is 0. The molecule has 0 aromatic carbocycles. The van der Waals surface area contributed by atoms with Crippen LogP contribution in [0.25, 0.3) is 0 Å². The first-order chi connectivity index (χ1) is 4.86. The topological polar surface area (TPSA) is 29.5 Å². The minimum Gasteiger partial charge on any atom is -0.392 e. The van der Waals surface area contributed by atoms with E-state index in [1.807, 2.05) is 0 Å². The third kappa shape index (κ3) is 0.453. The van der Waals surface area contributed by atoms with Crippen LogP contribution in [-0.4, -0.2) is 23.9 Å². The lowest BCUT2D eigenvalue weighted by Gasteiger charge is -2.13. The number of ether oxygens (including phenoxy) is 1. The molecule has 3 aliphatic rings. The van der Waals surface area contributed by atoms with Gasteiger partial charge in [0, 0.05) is 5.92 Å². The van der Waals surface area contributed by atoms with E-state index in [1.165, 1.54) is 6.42 Å². The maximum atomic E-state index is 9.63. The first-order valence-corrected chi connectivity index (χ1v) is 4.16. The standard InChI is InChI=1S/C8H12O2/c9-8-4-1-5-3-10-6(2-4)7(5)8/h4-9H,1-3H2/t4-,5+,6+,7+,8?/m1/s1. The average Bonchev–Trinajstić information content (AvgIpc) is 2.44. The molecular weight excluding hydrogens is 128 g/mol. The number of aliphatic hydroxyl groups excluding tert-OH is 1. The van der Waals surface area contributed by atoms with Crippen LogP contribution in [0.5, 0.6) is 0 Å². The quantitative estimate of drug-likeness (QED) is 0.528. The van der Waals surface area contributed by atoms with Crippen LogP contribution in [0.4, 0.5) is 0 Å². The maximum Gasteiger partial charge on any atom is 0.0635 e. The summed E-state index contributed by atoms with van der Waals surface area (Å²) in [6.45, 7) is 0.920. The molecule has 0 aromatic rings. The van der Waals surface area contributed by atoms with Crippen molar-refractivity contribution in [3.8, 4) is 0 Å². The Morgan fingerprint density at radius 2 is 2.10 bits per heavy atom. The molecule has 5 atom stereocenters. The Morgan fingerprint density at radius 1 is 1.20 bits per heavy atom. The Balaban J connectivity index is 2.01. The largest absolute Gasteiger partial charge is 0.392 e. The molecule has 0 spiro atoms. The zero-order valence-corrected chi connectivity index (χ0v) is 5.86. The summed E-state index contributed by atoms with van der Waals surface area (Å²) in [5, 5.41) is 9.63. The number of aliphatic hydroxyl groups is 1. The summed E-state index contributed by atoms with van der Waals surface area (Å²) in [7, 11) is 0. The van der Waals surface area contributed by atoms with E-state index >= 15 is 0 Å². The van der Waals surface area contributed by atoms with Crippen molar-refractivity contribution >= 4 is 0 Å². The fourth-order valence-electron chi connectivity index (χ4n) is 3.10. The zero-order valence-electron chi connectivity index (χ0n) is 5.86. The Kier molecular flexibility index (Phi) is 0.868. The van der Waals surface area contributed by atoms with Crippen molar-refractivity contribution in [1.29, 1.82) is 0 Å². The van der Waals surface area contributed by atoms with Gasteiger partial charge in [-0.25, -0.2) is 0 Å². The van der Waals surface area contributed by atoms with Crippen molar-refractivity contribution in [1.82, 2.24) is 0 Å². The fraction of sp³-hybridized carbons (Fsp3) is 1.00. The van der Waals surface area contributed by atoms with Crippen LogP contribution in [-0.2, 0) is 4.74 Å². The lowest BCUT2D eigenvalue weighted by atomic mass is 9.90. The Labute approximate surface area is 60.2 Å². The molecular formula is C8H12O2. The van der Waals surface area contributed by atoms with Crippen molar-refractivity contribution in [2.75, 3.05) is 6.61 Å². The van der Waals surface area contributed by atoms with Gasteiger partial charge in [0.05, 0.1) is 18.8 Å². The summed E-state index contributed by atoms with van der Waals surface area (Å²) in [5.41, 5.74) is 0. The summed E-state index contributed by atoms with van der Waals surface area (Å²) in [4.78, 5) is 0. The first-order valence-electron chi connectivity index (χ1n) is 4.16. The van der Waals surface area contributed by atoms with Gasteiger partial charge in [0.15, 0.2) is 0 Å². The van der Waals surface area contributed by atoms with Gasteiger partial charge in [-0.3, -0.25) is 0 Å². The van der Waals surface area contributed by atoms with Crippen LogP contribution < -0.4 is 0 Å². The number of hydrogen-bond donors (Lipinski definition) is 1. The predicted molar refractivity (Wildman–Crippen MR) is 35.5 cm³/mol. The Hall–Kier alpha value is -0.0800. The van der Waals surface area contributed by atoms with E-state index in [9.17, 15) is 5.11 Å². The van der Waals surface area contributed by atoms with E-state index in [1.54, 1.807) is 0 Å². The van der Waals surface area contributed by atoms with Crippen LogP contribution >= 0.6 is 0 Å². The summed E-state index contributed by atoms with van der Waals surface area (Å²) < 4.78 is 5.54. The van der Waals surface area contributed by atoms with Crippen LogP contribution in [0.2, 0.25) is 0 Å². The van der Waals surface area contributed by atoms with Gasteiger partial charge in [-0.2, -0.15) is 0 Å². The minimum absolute atomic E-state index is 0.0162. The zero-order chi connectivity index (χ0) is 6.72. The lowest BCUT2D eigenvalue weighted by Crippen LogP contribution is -2.19. The highest BCUT2D eigenvalue weighted by molar-refractivity contribution is 5.05. The molecule has 10 heavy (non-hydrogen) atoms. The Bertz CT molecular complexity index is 152. The molecule has 1 saturated heterocycles. The third-order valence-electron chi connectivity index (χ3n) is 3.52. The van der Waals surface area contributed by atoms with Gasteiger partial charge < -0.3 is 9.84 Å². The molecule has 2 saturated carbocycles. The van der Waals surface area contributed by atoms with Crippen molar-refractivity contribution < 1.29 is 9.84 Å². The van der Waals surface area contributed by atoms with Crippen molar-refractivity contribution in [2.24, 2.45) is 17.8 Å². The SMILES string of the molecule is OC1[C@@H]2C[C@H]3CO[C@@H](C2)[C@@H]13. The van der Waals surface area contributed by atoms with Gasteiger partial charge in [-0.1, -0.05) is 0 Å². The summed E-state index contributed by atoms with van der Waals surface area (Å²) in [6.07, 6.45) is 2.77. The lowest BCUT2D eigenvalue weighted by molar-refractivity contribution is 0.0823. The molecule has 1 heterocycles. The molecule has 3 fully saturated rings. The second-order valence-electron chi connectivity index (χ2n) is 3.93. The smallest absolute Gasteiger partial charge is 0.0635 e. The second-order valence-corrected chi connectivity index (χ2v) is 3.93. The molecule has 1 N–H and O–H groups in total. The third-order valence-corrected chi connectivity index (χ3v) is 3.52. The van der Waals surface area contributed by atoms with Gasteiger partial charge >= 0.3 is 0 Å². The number of hydrogen-bond acceptors (Lipinski definition) is 2. The highest BCUT2D eigenvalue weighted by atomic mass is 16.5. The van der Waals surface area contributed by atoms with Crippen LogP contribution in [0.3, 0.4) is 0 Å². The van der Waals surface area contributed by atoms with E-state index in [-0.39, 0.29) is 6.10 Å². The second kappa shape index (κ2) is 1.56. The fourth-order valence-corrected chi connectivity index (χ4v) is 3.10. The average molecular weight is 140 g/mol. The maximum absolute atomic E-state index is 9.63. The van der Waals surface area contributed by atoms with E-state index in [4.69, 9.17) is 4.74 Å². The van der Waals surface area contributed by atoms with Gasteiger partial charge in [0.25, 0.3) is 0 Å². The van der Waals surface area contributed by atoms with Crippen molar-refractivity contribution in [3.63, 3.8) is 0 Å². The minimum atomic E-state index is -0.0162. The monoisotopic (exact) mass is 140 g/mol. The molecule has 56 valence electrons. The van der Waals surface area contributed by atoms with Gasteiger partial charge in [-0.15, -0.1) is 0 Å². The summed E-state index contributed by atoms with van der Waals surface area (Å²) in [5.74, 6) is 1.81. The number of fused-ring (bicyclic) bond motifs is 1. The first kappa shape index (κ1) is 5.56. The van der Waals surface area contributed by atoms with Gasteiger partial charge in [0.2, 0.25) is 0 Å². The molecule has 2 nitrogen and oxygen atoms in total. The van der Waals surface area contributed by atoms with Crippen LogP contribution in [0.1, 0.15) is 12.8 Å². The van der Waals surface area contributed by atoms with E-state index in [2.05, 4.69) is 0 Å². The highest BCUT2D eigenvalue weighted by Gasteiger charge is 2.57. The van der Waals surface area contributed by atoms with Crippen molar-refractivity contribution in [3.05, 3.63) is 0 Å². The molecule has 2 aliphatic carbocycles. The van der Waals surface area contributed by atoms with Crippen LogP contribution in [0.15, 0.2) is 0 Å². The molecule has 1 aliphatic heterocycles. The molecule has 3 rings (SSSR count). The van der Waals surface area contributed by atoms with E-state index in [0.717, 1.165) is 13.0 Å². The highest BCUT2D eigenvalue weighted by Crippen LogP contribution is 2.53. The van der Waals surface area contributed by atoms with E-state index in [0.29, 0.717) is 23.9 Å². The molecule has 0 aromatic heterocycles. The molecule has 2 heteroatoms. The molecule has 0 amide bonds. The summed E-state index contributed by atoms with van der Waals surface area (Å²) >= 11 is 0. The van der Waals surface area contributed by atoms with Gasteiger partial charge in [0.1, 0.15) is 0 Å². The predicted octanol–water partition coefficient (Wildman–Crippen LogP) is 0.402. The van der Waals surface area contributed by atoms with E-state index < -0.39 is 0 Å². The Morgan fingerprint density at radius 3 is 2.70 bits per heavy atom. The normalized spacial score (nSPS) is 63.9. The molecule has 1 unspecified atom stereocenters. The molecule has 0 radical (unpaired) electrons. The molecule has 2 bridgehead atoms. The van der Waals surface area contributed by atoms with Crippen molar-refractivity contribution in [2.45, 2.75) is 25.0 Å². The number of rotatable bonds is 0. The van der Waals surface area contributed by atoms with Gasteiger partial charge in [-0.05, 0) is 24.7 Å².